The molecular weight excluding hydrogens is 755 g/mol. The van der Waals surface area contributed by atoms with Gasteiger partial charge in [0.2, 0.25) is 0 Å². The van der Waals surface area contributed by atoms with Gasteiger partial charge in [0.05, 0.1) is 12.1 Å². The summed E-state index contributed by atoms with van der Waals surface area (Å²) in [6.07, 6.45) is 4.73. The van der Waals surface area contributed by atoms with Crippen molar-refractivity contribution < 1.29 is 40.2 Å². The maximum Gasteiger partial charge on any atom is 0.295 e. The molecule has 0 saturated heterocycles. The molecule has 1 aromatic heterocycles. The van der Waals surface area contributed by atoms with E-state index in [1.54, 1.807) is 50.2 Å². The van der Waals surface area contributed by atoms with E-state index in [1.165, 1.54) is 36.7 Å². The third kappa shape index (κ3) is 7.91. The molecule has 0 atom stereocenters. The number of ether oxygens (including phenoxy) is 2. The van der Waals surface area contributed by atoms with E-state index in [-0.39, 0.29) is 59.9 Å². The highest BCUT2D eigenvalue weighted by Gasteiger charge is 2.34. The van der Waals surface area contributed by atoms with Crippen LogP contribution in [0.1, 0.15) is 49.3 Å². The van der Waals surface area contributed by atoms with Gasteiger partial charge in [0.15, 0.2) is 0 Å². The average Bonchev–Trinajstić information content (AvgIpc) is 3.61. The summed E-state index contributed by atoms with van der Waals surface area (Å²) < 4.78 is 85.1. The molecule has 1 amide bonds. The van der Waals surface area contributed by atoms with E-state index < -0.39 is 35.9 Å². The number of rotatable bonds is 11. The Morgan fingerprint density at radius 3 is 1.91 bits per heavy atom. The summed E-state index contributed by atoms with van der Waals surface area (Å²) >= 11 is 0. The highest BCUT2D eigenvalue weighted by molar-refractivity contribution is 7.86. The van der Waals surface area contributed by atoms with Crippen molar-refractivity contribution in [3.05, 3.63) is 154 Å². The summed E-state index contributed by atoms with van der Waals surface area (Å²) in [5, 5.41) is 0. The van der Waals surface area contributed by atoms with Crippen LogP contribution in [0.3, 0.4) is 0 Å². The van der Waals surface area contributed by atoms with Gasteiger partial charge in [0.25, 0.3) is 26.1 Å². The summed E-state index contributed by atoms with van der Waals surface area (Å²) in [7, 11) is -9.63. The third-order valence-corrected chi connectivity index (χ3v) is 11.4. The van der Waals surface area contributed by atoms with E-state index in [0.29, 0.717) is 22.4 Å². The standard InChI is InChI=1S/C42H37N3O9S2/c1-26-12-14-38(55(47,48)49)33(16-26)32-18-35(34-17-27(2)13-15-39(34)56(50,51)52)40(41(28(32)3)54-23-29-8-5-4-6-9-29)42(46)45-21-31-10-7-11-37(36(31)22-45)53-24-30-19-43-25-44-20-30/h4-20,25H,21-24H2,1-3H3,(H,47,48,49)(H,50,51,52). The van der Waals surface area contributed by atoms with Gasteiger partial charge >= 0.3 is 0 Å². The summed E-state index contributed by atoms with van der Waals surface area (Å²) in [4.78, 5) is 24.0. The molecule has 12 nitrogen and oxygen atoms in total. The van der Waals surface area contributed by atoms with Crippen LogP contribution in [0.2, 0.25) is 0 Å². The van der Waals surface area contributed by atoms with Gasteiger partial charge < -0.3 is 14.4 Å². The second-order valence-corrected chi connectivity index (χ2v) is 16.4. The van der Waals surface area contributed by atoms with E-state index in [4.69, 9.17) is 9.47 Å². The van der Waals surface area contributed by atoms with E-state index in [2.05, 4.69) is 9.97 Å². The van der Waals surface area contributed by atoms with Gasteiger partial charge in [0.1, 0.15) is 40.8 Å². The van der Waals surface area contributed by atoms with Crippen molar-refractivity contribution in [1.82, 2.24) is 14.9 Å². The second kappa shape index (κ2) is 15.3. The summed E-state index contributed by atoms with van der Waals surface area (Å²) in [6.45, 7) is 5.67. The van der Waals surface area contributed by atoms with E-state index in [9.17, 15) is 25.9 Å². The maximum absolute atomic E-state index is 15.2. The number of carbonyl (C=O) groups excluding carboxylic acids is 1. The first kappa shape index (κ1) is 38.3. The molecule has 1 aliphatic heterocycles. The molecule has 7 rings (SSSR count). The molecule has 1 aliphatic rings. The minimum absolute atomic E-state index is 0.00421. The molecule has 2 heterocycles. The second-order valence-electron chi connectivity index (χ2n) is 13.6. The fraction of sp³-hybridized carbons (Fsp3) is 0.167. The zero-order chi connectivity index (χ0) is 39.8. The number of aromatic nitrogens is 2. The van der Waals surface area contributed by atoms with E-state index in [1.807, 2.05) is 48.5 Å². The lowest BCUT2D eigenvalue weighted by atomic mass is 9.88. The van der Waals surface area contributed by atoms with Gasteiger partial charge in [-0.3, -0.25) is 13.9 Å². The molecule has 5 aromatic carbocycles. The molecular formula is C42H37N3O9S2. The van der Waals surface area contributed by atoms with Crippen LogP contribution in [0.4, 0.5) is 0 Å². The van der Waals surface area contributed by atoms with Crippen LogP contribution in [0, 0.1) is 20.8 Å². The van der Waals surface area contributed by atoms with Crippen LogP contribution in [-0.4, -0.2) is 46.7 Å². The van der Waals surface area contributed by atoms with Gasteiger partial charge in [-0.2, -0.15) is 16.8 Å². The lowest BCUT2D eigenvalue weighted by molar-refractivity contribution is 0.0746. The Morgan fingerprint density at radius 1 is 0.679 bits per heavy atom. The Labute approximate surface area is 324 Å². The predicted molar refractivity (Wildman–Crippen MR) is 208 cm³/mol. The minimum atomic E-state index is -4.86. The van der Waals surface area contributed by atoms with Gasteiger partial charge in [-0.25, -0.2) is 9.97 Å². The Bertz CT molecular complexity index is 2710. The Morgan fingerprint density at radius 2 is 1.29 bits per heavy atom. The van der Waals surface area contributed by atoms with Crippen LogP contribution < -0.4 is 9.47 Å². The number of hydrogen-bond donors (Lipinski definition) is 2. The number of hydrogen-bond acceptors (Lipinski definition) is 9. The van der Waals surface area contributed by atoms with Crippen LogP contribution >= 0.6 is 0 Å². The third-order valence-electron chi connectivity index (χ3n) is 9.61. The lowest BCUT2D eigenvalue weighted by Crippen LogP contribution is -2.27. The maximum atomic E-state index is 15.2. The number of benzene rings is 5. The van der Waals surface area contributed by atoms with Gasteiger partial charge in [-0.15, -0.1) is 0 Å². The first-order valence-corrected chi connectivity index (χ1v) is 20.3. The van der Waals surface area contributed by atoms with Crippen molar-refractivity contribution in [2.75, 3.05) is 0 Å². The molecule has 14 heteroatoms. The largest absolute Gasteiger partial charge is 0.488 e. The molecule has 0 saturated carbocycles. The molecule has 0 aliphatic carbocycles. The fourth-order valence-electron chi connectivity index (χ4n) is 6.92. The van der Waals surface area contributed by atoms with Crippen molar-refractivity contribution >= 4 is 26.1 Å². The quantitative estimate of drug-likeness (QED) is 0.124. The SMILES string of the molecule is Cc1ccc(S(=O)(=O)O)c(-c2cc(-c3cc(C)ccc3S(=O)(=O)O)c(C(=O)N3Cc4cccc(OCc5cncnc5)c4C3)c(OCc3ccccc3)c2C)c1. The zero-order valence-electron chi connectivity index (χ0n) is 30.6. The lowest BCUT2D eigenvalue weighted by Gasteiger charge is -2.25. The first-order chi connectivity index (χ1) is 26.7. The van der Waals surface area contributed by atoms with E-state index in [0.717, 1.165) is 22.3 Å². The number of amides is 1. The van der Waals surface area contributed by atoms with Crippen LogP contribution in [0.5, 0.6) is 11.5 Å². The number of nitrogens with zero attached hydrogens (tertiary/aromatic N) is 3. The van der Waals surface area contributed by atoms with Crippen molar-refractivity contribution in [2.45, 2.75) is 56.9 Å². The molecule has 286 valence electrons. The molecule has 2 N–H and O–H groups in total. The molecule has 0 spiro atoms. The molecule has 56 heavy (non-hydrogen) atoms. The van der Waals surface area contributed by atoms with Gasteiger partial charge in [0, 0.05) is 46.8 Å². The van der Waals surface area contributed by atoms with Gasteiger partial charge in [-0.05, 0) is 67.3 Å². The minimum Gasteiger partial charge on any atom is -0.488 e. The van der Waals surface area contributed by atoms with Crippen molar-refractivity contribution in [3.63, 3.8) is 0 Å². The Kier molecular flexibility index (Phi) is 10.5. The van der Waals surface area contributed by atoms with E-state index >= 15 is 4.79 Å². The Balaban J connectivity index is 1.45. The van der Waals surface area contributed by atoms with Crippen molar-refractivity contribution in [1.29, 1.82) is 0 Å². The highest BCUT2D eigenvalue weighted by Crippen LogP contribution is 2.45. The average molecular weight is 792 g/mol. The summed E-state index contributed by atoms with van der Waals surface area (Å²) in [6, 6.07) is 25.0. The summed E-state index contributed by atoms with van der Waals surface area (Å²) in [5.41, 5.74) is 5.21. The van der Waals surface area contributed by atoms with Crippen LogP contribution in [0.15, 0.2) is 120 Å². The smallest absolute Gasteiger partial charge is 0.295 e. The van der Waals surface area contributed by atoms with Crippen molar-refractivity contribution in [3.8, 4) is 33.8 Å². The van der Waals surface area contributed by atoms with Gasteiger partial charge in [-0.1, -0.05) is 77.9 Å². The first-order valence-electron chi connectivity index (χ1n) is 17.5. The molecule has 0 unspecified atom stereocenters. The monoisotopic (exact) mass is 791 g/mol. The van der Waals surface area contributed by atoms with Crippen molar-refractivity contribution in [2.24, 2.45) is 0 Å². The van der Waals surface area contributed by atoms with Crippen LogP contribution in [0.25, 0.3) is 22.3 Å². The zero-order valence-corrected chi connectivity index (χ0v) is 32.3. The Hall–Kier alpha value is -5.93. The fourth-order valence-corrected chi connectivity index (χ4v) is 8.30. The highest BCUT2D eigenvalue weighted by atomic mass is 32.2. The molecule has 0 fully saturated rings. The number of aryl methyl sites for hydroxylation is 2. The molecule has 0 bridgehead atoms. The topological polar surface area (TPSA) is 173 Å². The summed E-state index contributed by atoms with van der Waals surface area (Å²) in [5.74, 6) is 0.116. The molecule has 6 aromatic rings. The number of carbonyl (C=O) groups is 1. The molecule has 0 radical (unpaired) electrons. The van der Waals surface area contributed by atoms with Crippen LogP contribution in [-0.2, 0) is 46.5 Å². The number of fused-ring (bicyclic) bond motifs is 1. The normalized spacial score (nSPS) is 12.7. The predicted octanol–water partition coefficient (Wildman–Crippen LogP) is 7.54.